The van der Waals surface area contributed by atoms with E-state index < -0.39 is 0 Å². The van der Waals surface area contributed by atoms with Gasteiger partial charge < -0.3 is 14.5 Å². The van der Waals surface area contributed by atoms with Gasteiger partial charge in [0.2, 0.25) is 0 Å². The Balaban J connectivity index is 1.99. The van der Waals surface area contributed by atoms with Gasteiger partial charge in [-0.05, 0) is 25.3 Å². The number of carbonyl (C=O) groups is 1. The first kappa shape index (κ1) is 13.7. The smallest absolute Gasteiger partial charge is 0.320 e. The van der Waals surface area contributed by atoms with Crippen LogP contribution in [0.5, 0.6) is 5.75 Å². The summed E-state index contributed by atoms with van der Waals surface area (Å²) in [4.78, 5) is 16.0. The van der Waals surface area contributed by atoms with Crippen LogP contribution in [0.1, 0.15) is 24.8 Å². The molecule has 1 heterocycles. The molecule has 0 aliphatic carbocycles. The van der Waals surface area contributed by atoms with E-state index in [9.17, 15) is 4.79 Å². The zero-order valence-electron chi connectivity index (χ0n) is 11.8. The Morgan fingerprint density at radius 1 is 1.26 bits per heavy atom. The maximum Gasteiger partial charge on any atom is 0.320 e. The lowest BCUT2D eigenvalue weighted by Crippen LogP contribution is -2.43. The third-order valence-corrected chi connectivity index (χ3v) is 3.55. The molecule has 0 unspecified atom stereocenters. The number of benzene rings is 1. The van der Waals surface area contributed by atoms with Crippen molar-refractivity contribution in [3.05, 3.63) is 29.8 Å². The third kappa shape index (κ3) is 3.40. The van der Waals surface area contributed by atoms with Crippen LogP contribution in [0.25, 0.3) is 0 Å². The van der Waals surface area contributed by atoms with Crippen molar-refractivity contribution < 1.29 is 9.53 Å². The number of piperidine rings is 1. The number of para-hydroxylation sites is 1. The maximum absolute atomic E-state index is 12.3. The third-order valence-electron chi connectivity index (χ3n) is 3.55. The predicted molar refractivity (Wildman–Crippen MR) is 75.3 cm³/mol. The largest absolute Gasteiger partial charge is 0.496 e. The summed E-state index contributed by atoms with van der Waals surface area (Å²) in [6, 6.07) is 7.95. The molecule has 2 rings (SSSR count). The highest BCUT2D eigenvalue weighted by Crippen LogP contribution is 2.19. The normalized spacial score (nSPS) is 15.2. The number of hydrogen-bond donors (Lipinski definition) is 0. The highest BCUT2D eigenvalue weighted by atomic mass is 16.5. The number of ether oxygens (including phenoxy) is 1. The molecule has 0 bridgehead atoms. The number of urea groups is 1. The first-order chi connectivity index (χ1) is 9.22. The SMILES string of the molecule is COc1ccccc1CN(C)C(=O)N1CCCCC1. The van der Waals surface area contributed by atoms with Crippen molar-refractivity contribution in [1.82, 2.24) is 9.80 Å². The lowest BCUT2D eigenvalue weighted by atomic mass is 10.1. The standard InChI is InChI=1S/C15H22N2O2/c1-16(15(18)17-10-6-3-7-11-17)12-13-8-4-5-9-14(13)19-2/h4-5,8-9H,3,6-7,10-12H2,1-2H3. The van der Waals surface area contributed by atoms with Gasteiger partial charge in [-0.3, -0.25) is 0 Å². The average Bonchev–Trinajstić information content (AvgIpc) is 2.48. The lowest BCUT2D eigenvalue weighted by Gasteiger charge is -2.31. The number of nitrogens with zero attached hydrogens (tertiary/aromatic N) is 2. The molecule has 1 fully saturated rings. The Morgan fingerprint density at radius 3 is 2.63 bits per heavy atom. The number of carbonyl (C=O) groups excluding carboxylic acids is 1. The molecule has 0 atom stereocenters. The van der Waals surface area contributed by atoms with E-state index in [1.165, 1.54) is 6.42 Å². The topological polar surface area (TPSA) is 32.8 Å². The second-order valence-electron chi connectivity index (χ2n) is 5.00. The van der Waals surface area contributed by atoms with Gasteiger partial charge in [-0.2, -0.15) is 0 Å². The molecule has 1 aromatic rings. The summed E-state index contributed by atoms with van der Waals surface area (Å²) in [5.41, 5.74) is 1.04. The molecule has 0 aromatic heterocycles. The molecule has 1 aliphatic rings. The molecule has 0 saturated carbocycles. The van der Waals surface area contributed by atoms with Crippen molar-refractivity contribution in [2.45, 2.75) is 25.8 Å². The van der Waals surface area contributed by atoms with Gasteiger partial charge in [-0.15, -0.1) is 0 Å². The van der Waals surface area contributed by atoms with Crippen LogP contribution in [0.3, 0.4) is 0 Å². The van der Waals surface area contributed by atoms with Crippen molar-refractivity contribution in [2.24, 2.45) is 0 Å². The van der Waals surface area contributed by atoms with Gasteiger partial charge in [0.15, 0.2) is 0 Å². The van der Waals surface area contributed by atoms with E-state index in [2.05, 4.69) is 0 Å². The highest BCUT2D eigenvalue weighted by molar-refractivity contribution is 5.74. The summed E-state index contributed by atoms with van der Waals surface area (Å²) in [6.07, 6.45) is 3.47. The molecule has 4 heteroatoms. The van der Waals surface area contributed by atoms with Gasteiger partial charge in [-0.1, -0.05) is 18.2 Å². The van der Waals surface area contributed by atoms with Crippen LogP contribution in [0.15, 0.2) is 24.3 Å². The molecule has 1 aliphatic heterocycles. The molecular weight excluding hydrogens is 240 g/mol. The van der Waals surface area contributed by atoms with E-state index in [0.29, 0.717) is 6.54 Å². The van der Waals surface area contributed by atoms with Crippen molar-refractivity contribution in [1.29, 1.82) is 0 Å². The minimum absolute atomic E-state index is 0.116. The summed E-state index contributed by atoms with van der Waals surface area (Å²) in [6.45, 7) is 2.35. The zero-order valence-corrected chi connectivity index (χ0v) is 11.8. The van der Waals surface area contributed by atoms with Crippen molar-refractivity contribution in [3.63, 3.8) is 0 Å². The van der Waals surface area contributed by atoms with Crippen molar-refractivity contribution >= 4 is 6.03 Å². The van der Waals surface area contributed by atoms with Gasteiger partial charge >= 0.3 is 6.03 Å². The monoisotopic (exact) mass is 262 g/mol. The van der Waals surface area contributed by atoms with E-state index >= 15 is 0 Å². The Labute approximate surface area is 115 Å². The Hall–Kier alpha value is -1.71. The molecule has 0 radical (unpaired) electrons. The molecule has 1 saturated heterocycles. The zero-order chi connectivity index (χ0) is 13.7. The number of rotatable bonds is 3. The van der Waals surface area contributed by atoms with E-state index in [1.54, 1.807) is 12.0 Å². The van der Waals surface area contributed by atoms with Crippen LogP contribution in [-0.4, -0.2) is 43.1 Å². The Kier molecular flexibility index (Phi) is 4.66. The van der Waals surface area contributed by atoms with Crippen LogP contribution in [0.4, 0.5) is 4.79 Å². The summed E-state index contributed by atoms with van der Waals surface area (Å²) in [5, 5.41) is 0. The fraction of sp³-hybridized carbons (Fsp3) is 0.533. The fourth-order valence-corrected chi connectivity index (χ4v) is 2.48. The second-order valence-corrected chi connectivity index (χ2v) is 5.00. The van der Waals surface area contributed by atoms with Gasteiger partial charge in [0.1, 0.15) is 5.75 Å². The Morgan fingerprint density at radius 2 is 1.95 bits per heavy atom. The van der Waals surface area contributed by atoms with Gasteiger partial charge in [-0.25, -0.2) is 4.79 Å². The van der Waals surface area contributed by atoms with Crippen molar-refractivity contribution in [3.8, 4) is 5.75 Å². The quantitative estimate of drug-likeness (QED) is 0.839. The average molecular weight is 262 g/mol. The molecular formula is C15H22N2O2. The van der Waals surface area contributed by atoms with Gasteiger partial charge in [0.25, 0.3) is 0 Å². The molecule has 0 spiro atoms. The number of likely N-dealkylation sites (tertiary alicyclic amines) is 1. The summed E-state index contributed by atoms with van der Waals surface area (Å²) in [7, 11) is 3.51. The van der Waals surface area contributed by atoms with Crippen LogP contribution >= 0.6 is 0 Å². The van der Waals surface area contributed by atoms with Crippen LogP contribution in [-0.2, 0) is 6.54 Å². The minimum Gasteiger partial charge on any atom is -0.496 e. The van der Waals surface area contributed by atoms with E-state index in [0.717, 1.165) is 37.2 Å². The second kappa shape index (κ2) is 6.45. The van der Waals surface area contributed by atoms with Crippen LogP contribution < -0.4 is 4.74 Å². The molecule has 1 aromatic carbocycles. The van der Waals surface area contributed by atoms with E-state index in [1.807, 2.05) is 36.2 Å². The molecule has 0 N–H and O–H groups in total. The lowest BCUT2D eigenvalue weighted by molar-refractivity contribution is 0.150. The van der Waals surface area contributed by atoms with Crippen molar-refractivity contribution in [2.75, 3.05) is 27.2 Å². The van der Waals surface area contributed by atoms with Gasteiger partial charge in [0.05, 0.1) is 13.7 Å². The Bertz CT molecular complexity index is 428. The van der Waals surface area contributed by atoms with E-state index in [-0.39, 0.29) is 6.03 Å². The number of amides is 2. The van der Waals surface area contributed by atoms with Crippen LogP contribution in [0, 0.1) is 0 Å². The summed E-state index contributed by atoms with van der Waals surface area (Å²) < 4.78 is 5.32. The van der Waals surface area contributed by atoms with Crippen LogP contribution in [0.2, 0.25) is 0 Å². The molecule has 19 heavy (non-hydrogen) atoms. The predicted octanol–water partition coefficient (Wildman–Crippen LogP) is 2.73. The maximum atomic E-state index is 12.3. The van der Waals surface area contributed by atoms with E-state index in [4.69, 9.17) is 4.74 Å². The van der Waals surface area contributed by atoms with Gasteiger partial charge in [0, 0.05) is 25.7 Å². The summed E-state index contributed by atoms with van der Waals surface area (Å²) >= 11 is 0. The number of methoxy groups -OCH3 is 1. The molecule has 4 nitrogen and oxygen atoms in total. The molecule has 104 valence electrons. The fourth-order valence-electron chi connectivity index (χ4n) is 2.48. The summed E-state index contributed by atoms with van der Waals surface area (Å²) in [5.74, 6) is 0.834. The number of hydrogen-bond acceptors (Lipinski definition) is 2. The first-order valence-electron chi connectivity index (χ1n) is 6.84. The first-order valence-corrected chi connectivity index (χ1v) is 6.84. The molecule has 2 amide bonds. The minimum atomic E-state index is 0.116. The highest BCUT2D eigenvalue weighted by Gasteiger charge is 2.20.